The fourth-order valence-corrected chi connectivity index (χ4v) is 1.90. The minimum atomic E-state index is -1.03. The molecule has 20 heavy (non-hydrogen) atoms. The molecule has 0 aliphatic heterocycles. The number of hydrogen-bond acceptors (Lipinski definition) is 4. The minimum absolute atomic E-state index is 0.159. The molecule has 1 amide bonds. The van der Waals surface area contributed by atoms with Gasteiger partial charge in [0, 0.05) is 12.1 Å². The Hall–Kier alpha value is -2.08. The highest BCUT2D eigenvalue weighted by Gasteiger charge is 2.10. The number of carbonyl (C=O) groups is 2. The number of rotatable bonds is 7. The fraction of sp³-hybridized carbons (Fsp3) is 0.429. The molecule has 0 radical (unpaired) electrons. The third kappa shape index (κ3) is 4.55. The first-order valence-corrected chi connectivity index (χ1v) is 6.18. The first-order valence-electron chi connectivity index (χ1n) is 6.18. The van der Waals surface area contributed by atoms with Crippen molar-refractivity contribution in [3.8, 4) is 5.75 Å². The number of aliphatic carboxylic acids is 1. The van der Waals surface area contributed by atoms with Crippen LogP contribution >= 0.6 is 0 Å². The highest BCUT2D eigenvalue weighted by molar-refractivity contribution is 5.94. The predicted molar refractivity (Wildman–Crippen MR) is 73.3 cm³/mol. The van der Waals surface area contributed by atoms with Crippen LogP contribution in [0.5, 0.6) is 5.75 Å². The number of ether oxygens (including phenoxy) is 2. The Labute approximate surface area is 117 Å². The molecule has 6 heteroatoms. The molecule has 0 unspecified atom stereocenters. The molecular formula is C14H19NO5. The average molecular weight is 281 g/mol. The lowest BCUT2D eigenvalue weighted by Gasteiger charge is -2.11. The van der Waals surface area contributed by atoms with E-state index in [0.29, 0.717) is 5.56 Å². The monoisotopic (exact) mass is 281 g/mol. The quantitative estimate of drug-likeness (QED) is 0.732. The van der Waals surface area contributed by atoms with Crippen LogP contribution < -0.4 is 10.1 Å². The molecule has 0 saturated carbocycles. The van der Waals surface area contributed by atoms with E-state index < -0.39 is 5.97 Å². The van der Waals surface area contributed by atoms with Crippen molar-refractivity contribution in [2.45, 2.75) is 13.8 Å². The Bertz CT molecular complexity index is 475. The molecule has 6 nitrogen and oxygen atoms in total. The van der Waals surface area contributed by atoms with E-state index in [1.54, 1.807) is 19.2 Å². The van der Waals surface area contributed by atoms with Crippen LogP contribution in [0.15, 0.2) is 12.1 Å². The number of aryl methyl sites for hydroxylation is 2. The van der Waals surface area contributed by atoms with Gasteiger partial charge in [0.05, 0.1) is 13.7 Å². The Morgan fingerprint density at radius 1 is 1.25 bits per heavy atom. The van der Waals surface area contributed by atoms with Crippen LogP contribution in [0.2, 0.25) is 0 Å². The van der Waals surface area contributed by atoms with E-state index in [0.717, 1.165) is 16.9 Å². The summed E-state index contributed by atoms with van der Waals surface area (Å²) in [7, 11) is 1.59. The van der Waals surface area contributed by atoms with Crippen LogP contribution in [-0.4, -0.2) is 43.9 Å². The van der Waals surface area contributed by atoms with Crippen molar-refractivity contribution in [2.24, 2.45) is 0 Å². The van der Waals surface area contributed by atoms with Gasteiger partial charge >= 0.3 is 5.97 Å². The summed E-state index contributed by atoms with van der Waals surface area (Å²) in [6.07, 6.45) is 0. The summed E-state index contributed by atoms with van der Waals surface area (Å²) >= 11 is 0. The molecule has 1 aromatic carbocycles. The van der Waals surface area contributed by atoms with Gasteiger partial charge in [-0.25, -0.2) is 4.79 Å². The van der Waals surface area contributed by atoms with Crippen molar-refractivity contribution in [1.82, 2.24) is 5.32 Å². The second-order valence-electron chi connectivity index (χ2n) is 4.35. The Morgan fingerprint density at radius 3 is 2.35 bits per heavy atom. The minimum Gasteiger partial charge on any atom is -0.496 e. The van der Waals surface area contributed by atoms with Gasteiger partial charge in [-0.1, -0.05) is 0 Å². The van der Waals surface area contributed by atoms with Crippen LogP contribution in [0.1, 0.15) is 21.5 Å². The van der Waals surface area contributed by atoms with Gasteiger partial charge in [-0.3, -0.25) is 4.79 Å². The standard InChI is InChI=1S/C14H19NO5/c1-9-6-11(7-10(2)13(9)19-3)14(18)15-4-5-20-8-12(16)17/h6-7H,4-5,8H2,1-3H3,(H,15,18)(H,16,17). The molecule has 1 aromatic rings. The molecule has 0 atom stereocenters. The predicted octanol–water partition coefficient (Wildman–Crippen LogP) is 1.14. The second kappa shape index (κ2) is 7.49. The molecule has 110 valence electrons. The molecule has 0 heterocycles. The van der Waals surface area contributed by atoms with E-state index in [2.05, 4.69) is 5.32 Å². The lowest BCUT2D eigenvalue weighted by molar-refractivity contribution is -0.142. The lowest BCUT2D eigenvalue weighted by atomic mass is 10.1. The summed E-state index contributed by atoms with van der Waals surface area (Å²) in [4.78, 5) is 22.2. The third-order valence-electron chi connectivity index (χ3n) is 2.68. The number of carboxylic acids is 1. The van der Waals surface area contributed by atoms with E-state index in [4.69, 9.17) is 14.6 Å². The van der Waals surface area contributed by atoms with Crippen molar-refractivity contribution >= 4 is 11.9 Å². The number of hydrogen-bond donors (Lipinski definition) is 2. The van der Waals surface area contributed by atoms with Crippen LogP contribution in [0, 0.1) is 13.8 Å². The first kappa shape index (κ1) is 16.0. The maximum Gasteiger partial charge on any atom is 0.329 e. The zero-order chi connectivity index (χ0) is 15.1. The van der Waals surface area contributed by atoms with Crippen LogP contribution in [0.4, 0.5) is 0 Å². The molecule has 1 rings (SSSR count). The topological polar surface area (TPSA) is 84.9 Å². The maximum absolute atomic E-state index is 11.9. The Balaban J connectivity index is 2.54. The molecule has 0 saturated heterocycles. The van der Waals surface area contributed by atoms with Crippen molar-refractivity contribution in [3.05, 3.63) is 28.8 Å². The summed E-state index contributed by atoms with van der Waals surface area (Å²) in [6.45, 7) is 3.80. The zero-order valence-electron chi connectivity index (χ0n) is 11.9. The van der Waals surface area contributed by atoms with Gasteiger partial charge in [0.1, 0.15) is 12.4 Å². The van der Waals surface area contributed by atoms with E-state index in [9.17, 15) is 9.59 Å². The Kier molecular flexibility index (Phi) is 5.99. The number of amides is 1. The summed E-state index contributed by atoms with van der Waals surface area (Å²) in [5.41, 5.74) is 2.32. The van der Waals surface area contributed by atoms with Gasteiger partial charge in [-0.15, -0.1) is 0 Å². The van der Waals surface area contributed by atoms with Crippen LogP contribution in [0.25, 0.3) is 0 Å². The van der Waals surface area contributed by atoms with Crippen molar-refractivity contribution in [1.29, 1.82) is 0 Å². The lowest BCUT2D eigenvalue weighted by Crippen LogP contribution is -2.28. The van der Waals surface area contributed by atoms with Crippen molar-refractivity contribution < 1.29 is 24.2 Å². The number of methoxy groups -OCH3 is 1. The molecule has 0 aliphatic carbocycles. The van der Waals surface area contributed by atoms with Gasteiger partial charge < -0.3 is 19.9 Å². The first-order chi connectivity index (χ1) is 9.45. The van der Waals surface area contributed by atoms with Crippen LogP contribution in [-0.2, 0) is 9.53 Å². The van der Waals surface area contributed by atoms with Crippen molar-refractivity contribution in [2.75, 3.05) is 26.9 Å². The molecule has 2 N–H and O–H groups in total. The fourth-order valence-electron chi connectivity index (χ4n) is 1.90. The van der Waals surface area contributed by atoms with Gasteiger partial charge in [-0.05, 0) is 37.1 Å². The Morgan fingerprint density at radius 2 is 1.85 bits per heavy atom. The average Bonchev–Trinajstić information content (AvgIpc) is 2.37. The summed E-state index contributed by atoms with van der Waals surface area (Å²) < 4.78 is 10.1. The SMILES string of the molecule is COc1c(C)cc(C(=O)NCCOCC(=O)O)cc1C. The number of nitrogens with one attached hydrogen (secondary N) is 1. The van der Waals surface area contributed by atoms with E-state index >= 15 is 0 Å². The second-order valence-corrected chi connectivity index (χ2v) is 4.35. The molecule has 0 spiro atoms. The molecule has 0 fully saturated rings. The van der Waals surface area contributed by atoms with Gasteiger partial charge in [0.15, 0.2) is 0 Å². The maximum atomic E-state index is 11.9. The molecule has 0 bridgehead atoms. The van der Waals surface area contributed by atoms with E-state index in [1.807, 2.05) is 13.8 Å². The number of carbonyl (C=O) groups excluding carboxylic acids is 1. The van der Waals surface area contributed by atoms with E-state index in [-0.39, 0.29) is 25.7 Å². The normalized spacial score (nSPS) is 10.2. The number of carboxylic acid groups (broad SMARTS) is 1. The van der Waals surface area contributed by atoms with E-state index in [1.165, 1.54) is 0 Å². The molecule has 0 aliphatic rings. The summed E-state index contributed by atoms with van der Waals surface area (Å²) in [5.74, 6) is -0.484. The number of benzene rings is 1. The zero-order valence-corrected chi connectivity index (χ0v) is 11.9. The molecule has 0 aromatic heterocycles. The smallest absolute Gasteiger partial charge is 0.329 e. The van der Waals surface area contributed by atoms with Gasteiger partial charge in [-0.2, -0.15) is 0 Å². The van der Waals surface area contributed by atoms with Gasteiger partial charge in [0.25, 0.3) is 5.91 Å². The summed E-state index contributed by atoms with van der Waals surface area (Å²) in [6, 6.07) is 3.50. The van der Waals surface area contributed by atoms with Crippen molar-refractivity contribution in [3.63, 3.8) is 0 Å². The summed E-state index contributed by atoms with van der Waals surface area (Å²) in [5, 5.41) is 11.1. The largest absolute Gasteiger partial charge is 0.496 e. The third-order valence-corrected chi connectivity index (χ3v) is 2.68. The molecular weight excluding hydrogens is 262 g/mol. The van der Waals surface area contributed by atoms with Crippen LogP contribution in [0.3, 0.4) is 0 Å². The highest BCUT2D eigenvalue weighted by atomic mass is 16.5. The highest BCUT2D eigenvalue weighted by Crippen LogP contribution is 2.24. The van der Waals surface area contributed by atoms with Gasteiger partial charge in [0.2, 0.25) is 0 Å².